The van der Waals surface area contributed by atoms with Crippen LogP contribution in [0.15, 0.2) is 42.9 Å². The van der Waals surface area contributed by atoms with Gasteiger partial charge in [0.2, 0.25) is 0 Å². The van der Waals surface area contributed by atoms with Crippen LogP contribution >= 0.6 is 0 Å². The van der Waals surface area contributed by atoms with E-state index < -0.39 is 0 Å². The molecular formula is C13H15N5O2. The molecule has 1 amide bonds. The Labute approximate surface area is 116 Å². The molecule has 1 aliphatic heterocycles. The summed E-state index contributed by atoms with van der Waals surface area (Å²) < 4.78 is 0. The van der Waals surface area contributed by atoms with Gasteiger partial charge in [-0.3, -0.25) is 4.84 Å². The number of aromatic nitrogens is 3. The normalized spacial score (nSPS) is 15.2. The number of nitrogens with zero attached hydrogens (tertiary/aromatic N) is 5. The van der Waals surface area contributed by atoms with E-state index in [0.717, 1.165) is 23.8 Å². The molecule has 0 saturated carbocycles. The maximum Gasteiger partial charge on any atom is 0.436 e. The summed E-state index contributed by atoms with van der Waals surface area (Å²) in [5.41, 5.74) is 0. The minimum absolute atomic E-state index is 0.380. The summed E-state index contributed by atoms with van der Waals surface area (Å²) in [6.07, 6.45) is 4.54. The molecule has 0 aliphatic carbocycles. The smallest absolute Gasteiger partial charge is 0.353 e. The minimum atomic E-state index is -0.380. The molecule has 0 unspecified atom stereocenters. The summed E-state index contributed by atoms with van der Waals surface area (Å²) in [6, 6.07) is 7.52. The zero-order valence-corrected chi connectivity index (χ0v) is 10.9. The van der Waals surface area contributed by atoms with Gasteiger partial charge in [0.1, 0.15) is 5.82 Å². The van der Waals surface area contributed by atoms with E-state index in [0.29, 0.717) is 13.1 Å². The van der Waals surface area contributed by atoms with Crippen LogP contribution in [0.5, 0.6) is 0 Å². The first-order valence-electron chi connectivity index (χ1n) is 6.46. The zero-order chi connectivity index (χ0) is 13.8. The zero-order valence-electron chi connectivity index (χ0n) is 10.9. The lowest BCUT2D eigenvalue weighted by Gasteiger charge is -2.34. The lowest BCUT2D eigenvalue weighted by molar-refractivity contribution is 0.0769. The number of piperazine rings is 1. The first-order valence-corrected chi connectivity index (χ1v) is 6.46. The number of rotatable bonds is 2. The van der Waals surface area contributed by atoms with Crippen LogP contribution in [0.25, 0.3) is 0 Å². The van der Waals surface area contributed by atoms with E-state index in [1.165, 1.54) is 0 Å². The van der Waals surface area contributed by atoms with Crippen molar-refractivity contribution >= 4 is 11.9 Å². The van der Waals surface area contributed by atoms with Crippen molar-refractivity contribution < 1.29 is 9.63 Å². The van der Waals surface area contributed by atoms with Crippen molar-refractivity contribution in [3.05, 3.63) is 42.9 Å². The number of anilines is 1. The summed E-state index contributed by atoms with van der Waals surface area (Å²) in [4.78, 5) is 26.3. The lowest BCUT2D eigenvalue weighted by Crippen LogP contribution is -2.50. The molecule has 1 saturated heterocycles. The molecule has 7 heteroatoms. The van der Waals surface area contributed by atoms with E-state index >= 15 is 0 Å². The first-order chi connectivity index (χ1) is 9.83. The highest BCUT2D eigenvalue weighted by molar-refractivity contribution is 5.68. The quantitative estimate of drug-likeness (QED) is 0.804. The average Bonchev–Trinajstić information content (AvgIpc) is 3.01. The predicted molar refractivity (Wildman–Crippen MR) is 72.2 cm³/mol. The van der Waals surface area contributed by atoms with Crippen molar-refractivity contribution in [2.24, 2.45) is 0 Å². The minimum Gasteiger partial charge on any atom is -0.353 e. The Balaban J connectivity index is 1.54. The second kappa shape index (κ2) is 5.60. The van der Waals surface area contributed by atoms with Crippen molar-refractivity contribution in [1.82, 2.24) is 19.8 Å². The van der Waals surface area contributed by atoms with Gasteiger partial charge >= 0.3 is 6.09 Å². The van der Waals surface area contributed by atoms with Gasteiger partial charge < -0.3 is 9.80 Å². The maximum absolute atomic E-state index is 11.9. The van der Waals surface area contributed by atoms with Gasteiger partial charge in [0.05, 0.1) is 12.4 Å². The van der Waals surface area contributed by atoms with E-state index in [2.05, 4.69) is 15.0 Å². The number of carbonyl (C=O) groups is 1. The fourth-order valence-electron chi connectivity index (χ4n) is 2.11. The fourth-order valence-corrected chi connectivity index (χ4v) is 2.11. The van der Waals surface area contributed by atoms with Gasteiger partial charge in [-0.15, -0.1) is 5.10 Å². The number of hydrogen-bond donors (Lipinski definition) is 0. The van der Waals surface area contributed by atoms with E-state index in [-0.39, 0.29) is 6.09 Å². The monoisotopic (exact) mass is 273 g/mol. The SMILES string of the molecule is O=C(On1cccn1)N1CCN(c2ccccn2)CC1. The Hall–Kier alpha value is -2.57. The summed E-state index contributed by atoms with van der Waals surface area (Å²) >= 11 is 0. The van der Waals surface area contributed by atoms with E-state index in [1.54, 1.807) is 29.6 Å². The molecule has 0 radical (unpaired) electrons. The van der Waals surface area contributed by atoms with Crippen LogP contribution in [-0.4, -0.2) is 52.1 Å². The van der Waals surface area contributed by atoms with Gasteiger partial charge in [0.15, 0.2) is 0 Å². The number of carbonyl (C=O) groups excluding carboxylic acids is 1. The van der Waals surface area contributed by atoms with Crippen LogP contribution in [0, 0.1) is 0 Å². The molecule has 0 bridgehead atoms. The Morgan fingerprint density at radius 3 is 2.60 bits per heavy atom. The Bertz CT molecular complexity index is 549. The van der Waals surface area contributed by atoms with Gasteiger partial charge in [-0.2, -0.15) is 0 Å². The average molecular weight is 273 g/mol. The molecule has 0 aromatic carbocycles. The highest BCUT2D eigenvalue weighted by atomic mass is 16.7. The predicted octanol–water partition coefficient (Wildman–Crippen LogP) is 0.649. The van der Waals surface area contributed by atoms with Crippen molar-refractivity contribution in [2.75, 3.05) is 31.1 Å². The Morgan fingerprint density at radius 1 is 1.10 bits per heavy atom. The molecule has 7 nitrogen and oxygen atoms in total. The lowest BCUT2D eigenvalue weighted by atomic mass is 10.3. The van der Waals surface area contributed by atoms with Gasteiger partial charge in [-0.1, -0.05) is 10.9 Å². The highest BCUT2D eigenvalue weighted by Crippen LogP contribution is 2.12. The Morgan fingerprint density at radius 2 is 1.95 bits per heavy atom. The Kier molecular flexibility index (Phi) is 3.49. The van der Waals surface area contributed by atoms with E-state index in [1.807, 2.05) is 18.2 Å². The molecule has 2 aromatic rings. The standard InChI is InChI=1S/C13H15N5O2/c19-13(20-18-7-3-6-15-18)17-10-8-16(9-11-17)12-4-1-2-5-14-12/h1-7H,8-11H2. The molecule has 0 N–H and O–H groups in total. The molecule has 0 atom stereocenters. The van der Waals surface area contributed by atoms with Crippen LogP contribution in [-0.2, 0) is 0 Å². The van der Waals surface area contributed by atoms with Crippen molar-refractivity contribution in [1.29, 1.82) is 0 Å². The van der Waals surface area contributed by atoms with Crippen LogP contribution in [0.2, 0.25) is 0 Å². The van der Waals surface area contributed by atoms with Crippen LogP contribution < -0.4 is 9.74 Å². The van der Waals surface area contributed by atoms with E-state index in [4.69, 9.17) is 4.84 Å². The third-order valence-electron chi connectivity index (χ3n) is 3.16. The topological polar surface area (TPSA) is 63.5 Å². The molecule has 20 heavy (non-hydrogen) atoms. The number of amides is 1. The molecule has 1 fully saturated rings. The van der Waals surface area contributed by atoms with Crippen molar-refractivity contribution in [3.63, 3.8) is 0 Å². The number of pyridine rings is 1. The fraction of sp³-hybridized carbons (Fsp3) is 0.308. The van der Waals surface area contributed by atoms with Gasteiger partial charge in [-0.25, -0.2) is 9.78 Å². The summed E-state index contributed by atoms with van der Waals surface area (Å²) in [5.74, 6) is 0.938. The number of hydrogen-bond acceptors (Lipinski definition) is 5. The van der Waals surface area contributed by atoms with Crippen LogP contribution in [0.3, 0.4) is 0 Å². The molecule has 1 aliphatic rings. The van der Waals surface area contributed by atoms with Crippen molar-refractivity contribution in [3.8, 4) is 0 Å². The van der Waals surface area contributed by atoms with Crippen LogP contribution in [0.1, 0.15) is 0 Å². The van der Waals surface area contributed by atoms with Gasteiger partial charge in [0, 0.05) is 32.4 Å². The molecular weight excluding hydrogens is 258 g/mol. The second-order valence-electron chi connectivity index (χ2n) is 4.43. The molecule has 0 spiro atoms. The molecule has 3 rings (SSSR count). The first kappa shape index (κ1) is 12.5. The van der Waals surface area contributed by atoms with Crippen LogP contribution in [0.4, 0.5) is 10.6 Å². The van der Waals surface area contributed by atoms with Gasteiger partial charge in [-0.05, 0) is 18.2 Å². The van der Waals surface area contributed by atoms with Crippen molar-refractivity contribution in [2.45, 2.75) is 0 Å². The summed E-state index contributed by atoms with van der Waals surface area (Å²) in [7, 11) is 0. The second-order valence-corrected chi connectivity index (χ2v) is 4.43. The molecule has 104 valence electrons. The summed E-state index contributed by atoms with van der Waals surface area (Å²) in [6.45, 7) is 2.70. The third-order valence-corrected chi connectivity index (χ3v) is 3.16. The highest BCUT2D eigenvalue weighted by Gasteiger charge is 2.23. The summed E-state index contributed by atoms with van der Waals surface area (Å²) in [5, 5.41) is 3.84. The third kappa shape index (κ3) is 2.71. The molecule has 3 heterocycles. The van der Waals surface area contributed by atoms with E-state index in [9.17, 15) is 4.79 Å². The largest absolute Gasteiger partial charge is 0.436 e. The maximum atomic E-state index is 11.9. The van der Waals surface area contributed by atoms with Gasteiger partial charge in [0.25, 0.3) is 0 Å². The molecule has 2 aromatic heterocycles.